The maximum atomic E-state index is 13.0. The van der Waals surface area contributed by atoms with Crippen molar-refractivity contribution in [2.45, 2.75) is 6.92 Å². The predicted molar refractivity (Wildman–Crippen MR) is 99.3 cm³/mol. The van der Waals surface area contributed by atoms with Crippen molar-refractivity contribution in [1.82, 2.24) is 5.32 Å². The van der Waals surface area contributed by atoms with Gasteiger partial charge in [0.05, 0.1) is 12.8 Å². The van der Waals surface area contributed by atoms with Gasteiger partial charge in [-0.25, -0.2) is 9.69 Å². The van der Waals surface area contributed by atoms with E-state index < -0.39 is 17.8 Å². The summed E-state index contributed by atoms with van der Waals surface area (Å²) >= 11 is 0. The average Bonchev–Trinajstić information content (AvgIpc) is 3.11. The molecule has 0 saturated carbocycles. The van der Waals surface area contributed by atoms with Crippen LogP contribution in [-0.4, -0.2) is 31.7 Å². The number of hydrogen-bond donors (Lipinski definition) is 1. The summed E-state index contributed by atoms with van der Waals surface area (Å²) in [6, 6.07) is 9.31. The number of urea groups is 1. The number of nitrogens with one attached hydrogen (secondary N) is 1. The lowest BCUT2D eigenvalue weighted by molar-refractivity contribution is -0.122. The molecule has 28 heavy (non-hydrogen) atoms. The molecule has 0 unspecified atom stereocenters. The van der Waals surface area contributed by atoms with Crippen LogP contribution in [0.1, 0.15) is 11.1 Å². The van der Waals surface area contributed by atoms with Crippen molar-refractivity contribution in [3.63, 3.8) is 0 Å². The van der Waals surface area contributed by atoms with Crippen LogP contribution in [0, 0.1) is 6.92 Å². The Hall–Kier alpha value is -3.81. The van der Waals surface area contributed by atoms with Crippen LogP contribution in [0.5, 0.6) is 17.2 Å². The molecule has 142 valence electrons. The zero-order valence-electron chi connectivity index (χ0n) is 15.1. The molecular weight excluding hydrogens is 364 g/mol. The first-order chi connectivity index (χ1) is 13.5. The summed E-state index contributed by atoms with van der Waals surface area (Å²) in [4.78, 5) is 38.5. The second-order valence-electron chi connectivity index (χ2n) is 6.24. The second-order valence-corrected chi connectivity index (χ2v) is 6.24. The number of benzene rings is 2. The standard InChI is InChI=1S/C20H16N2O6/c1-11-4-3-5-13(6-11)22-19(24)14(18(23)21-20(22)25)7-12-8-16-17(28-10-27-16)9-15(12)26-2/h3-9H,10H2,1-2H3,(H,21,23,25)/b14-7-. The third-order valence-electron chi connectivity index (χ3n) is 4.39. The molecule has 0 aliphatic carbocycles. The molecule has 1 saturated heterocycles. The molecule has 8 heteroatoms. The van der Waals surface area contributed by atoms with Gasteiger partial charge in [0.2, 0.25) is 6.79 Å². The highest BCUT2D eigenvalue weighted by molar-refractivity contribution is 6.39. The number of imide groups is 2. The van der Waals surface area contributed by atoms with E-state index in [1.54, 1.807) is 30.3 Å². The van der Waals surface area contributed by atoms with Gasteiger partial charge < -0.3 is 14.2 Å². The Labute approximate surface area is 160 Å². The zero-order chi connectivity index (χ0) is 19.8. The maximum absolute atomic E-state index is 13.0. The summed E-state index contributed by atoms with van der Waals surface area (Å²) in [5.41, 5.74) is 1.50. The first-order valence-corrected chi connectivity index (χ1v) is 8.43. The number of amides is 4. The van der Waals surface area contributed by atoms with Crippen molar-refractivity contribution in [1.29, 1.82) is 0 Å². The van der Waals surface area contributed by atoms with E-state index in [0.29, 0.717) is 28.5 Å². The highest BCUT2D eigenvalue weighted by Gasteiger charge is 2.37. The molecule has 4 rings (SSSR count). The number of carbonyl (C=O) groups is 3. The van der Waals surface area contributed by atoms with Gasteiger partial charge in [0.15, 0.2) is 11.5 Å². The number of barbiturate groups is 1. The van der Waals surface area contributed by atoms with Gasteiger partial charge in [-0.2, -0.15) is 0 Å². The highest BCUT2D eigenvalue weighted by Crippen LogP contribution is 2.39. The van der Waals surface area contributed by atoms with Crippen LogP contribution in [0.15, 0.2) is 42.0 Å². The van der Waals surface area contributed by atoms with Crippen LogP contribution in [-0.2, 0) is 9.59 Å². The minimum Gasteiger partial charge on any atom is -0.496 e. The molecule has 4 amide bonds. The number of hydrogen-bond acceptors (Lipinski definition) is 6. The van der Waals surface area contributed by atoms with Crippen LogP contribution in [0.2, 0.25) is 0 Å². The molecule has 0 bridgehead atoms. The molecule has 0 spiro atoms. The first-order valence-electron chi connectivity index (χ1n) is 8.43. The number of carbonyl (C=O) groups excluding carboxylic acids is 3. The van der Waals surface area contributed by atoms with E-state index >= 15 is 0 Å². The topological polar surface area (TPSA) is 94.2 Å². The Kier molecular flexibility index (Phi) is 4.23. The highest BCUT2D eigenvalue weighted by atomic mass is 16.7. The summed E-state index contributed by atoms with van der Waals surface area (Å²) in [6.45, 7) is 1.92. The minimum absolute atomic E-state index is 0.0770. The van der Waals surface area contributed by atoms with Crippen molar-refractivity contribution in [3.05, 3.63) is 53.1 Å². The Morgan fingerprint density at radius 1 is 1.11 bits per heavy atom. The number of fused-ring (bicyclic) bond motifs is 1. The summed E-state index contributed by atoms with van der Waals surface area (Å²) in [7, 11) is 1.46. The van der Waals surface area contributed by atoms with Gasteiger partial charge >= 0.3 is 6.03 Å². The van der Waals surface area contributed by atoms with Gasteiger partial charge in [-0.15, -0.1) is 0 Å². The Morgan fingerprint density at radius 2 is 1.86 bits per heavy atom. The van der Waals surface area contributed by atoms with Crippen molar-refractivity contribution in [3.8, 4) is 17.2 Å². The molecule has 0 atom stereocenters. The van der Waals surface area contributed by atoms with E-state index in [0.717, 1.165) is 10.5 Å². The quantitative estimate of drug-likeness (QED) is 0.649. The van der Waals surface area contributed by atoms with E-state index in [1.165, 1.54) is 13.2 Å². The molecule has 2 heterocycles. The molecule has 2 aliphatic heterocycles. The summed E-state index contributed by atoms with van der Waals surface area (Å²) < 4.78 is 16.0. The monoisotopic (exact) mass is 380 g/mol. The van der Waals surface area contributed by atoms with E-state index in [2.05, 4.69) is 5.32 Å². The fourth-order valence-electron chi connectivity index (χ4n) is 3.04. The van der Waals surface area contributed by atoms with Gasteiger partial charge in [0.1, 0.15) is 11.3 Å². The smallest absolute Gasteiger partial charge is 0.335 e. The Bertz CT molecular complexity index is 1040. The van der Waals surface area contributed by atoms with Crippen molar-refractivity contribution >= 4 is 29.6 Å². The predicted octanol–water partition coefficient (Wildman–Crippen LogP) is 2.40. The largest absolute Gasteiger partial charge is 0.496 e. The van der Waals surface area contributed by atoms with E-state index in [-0.39, 0.29) is 12.4 Å². The fourth-order valence-corrected chi connectivity index (χ4v) is 3.04. The zero-order valence-corrected chi connectivity index (χ0v) is 15.1. The minimum atomic E-state index is -0.796. The lowest BCUT2D eigenvalue weighted by atomic mass is 10.0. The molecule has 2 aliphatic rings. The van der Waals surface area contributed by atoms with Crippen molar-refractivity contribution < 1.29 is 28.6 Å². The molecule has 0 aromatic heterocycles. The van der Waals surface area contributed by atoms with Gasteiger partial charge in [-0.05, 0) is 36.8 Å². The van der Waals surface area contributed by atoms with Crippen molar-refractivity contribution in [2.75, 3.05) is 18.8 Å². The number of ether oxygens (including phenoxy) is 3. The number of anilines is 1. The fraction of sp³-hybridized carbons (Fsp3) is 0.150. The first kappa shape index (κ1) is 17.6. The molecule has 0 radical (unpaired) electrons. The molecule has 8 nitrogen and oxygen atoms in total. The maximum Gasteiger partial charge on any atom is 0.335 e. The molecule has 1 fully saturated rings. The number of nitrogens with zero attached hydrogens (tertiary/aromatic N) is 1. The van der Waals surface area contributed by atoms with Crippen LogP contribution in [0.4, 0.5) is 10.5 Å². The van der Waals surface area contributed by atoms with Gasteiger partial charge in [0, 0.05) is 11.6 Å². The van der Waals surface area contributed by atoms with Gasteiger partial charge in [-0.1, -0.05) is 12.1 Å². The summed E-state index contributed by atoms with van der Waals surface area (Å²) in [5.74, 6) is -0.119. The molecule has 1 N–H and O–H groups in total. The van der Waals surface area contributed by atoms with E-state index in [1.807, 2.05) is 13.0 Å². The normalized spacial score (nSPS) is 17.1. The summed E-state index contributed by atoms with van der Waals surface area (Å²) in [6.07, 6.45) is 1.37. The van der Waals surface area contributed by atoms with Crippen LogP contribution in [0.3, 0.4) is 0 Å². The average molecular weight is 380 g/mol. The van der Waals surface area contributed by atoms with Gasteiger partial charge in [-0.3, -0.25) is 14.9 Å². The Morgan fingerprint density at radius 3 is 2.57 bits per heavy atom. The SMILES string of the molecule is COc1cc2c(cc1/C=C1/C(=O)NC(=O)N(c3cccc(C)c3)C1=O)OCO2. The van der Waals surface area contributed by atoms with Crippen LogP contribution < -0.4 is 24.4 Å². The number of methoxy groups -OCH3 is 1. The Balaban J connectivity index is 1.78. The lowest BCUT2D eigenvalue weighted by Crippen LogP contribution is -2.54. The van der Waals surface area contributed by atoms with Crippen LogP contribution >= 0.6 is 0 Å². The second kappa shape index (κ2) is 6.73. The molecule has 2 aromatic rings. The summed E-state index contributed by atoms with van der Waals surface area (Å²) in [5, 5.41) is 2.20. The molecular formula is C20H16N2O6. The number of aryl methyl sites for hydroxylation is 1. The molecule has 2 aromatic carbocycles. The van der Waals surface area contributed by atoms with Crippen molar-refractivity contribution in [2.24, 2.45) is 0 Å². The van der Waals surface area contributed by atoms with Gasteiger partial charge in [0.25, 0.3) is 11.8 Å². The van der Waals surface area contributed by atoms with E-state index in [4.69, 9.17) is 14.2 Å². The van der Waals surface area contributed by atoms with Crippen LogP contribution in [0.25, 0.3) is 6.08 Å². The number of rotatable bonds is 3. The van der Waals surface area contributed by atoms with E-state index in [9.17, 15) is 14.4 Å². The third kappa shape index (κ3) is 2.94. The third-order valence-corrected chi connectivity index (χ3v) is 4.39. The lowest BCUT2D eigenvalue weighted by Gasteiger charge is -2.26.